The van der Waals surface area contributed by atoms with Gasteiger partial charge in [-0.2, -0.15) is 0 Å². The highest BCUT2D eigenvalue weighted by molar-refractivity contribution is 5.32. The summed E-state index contributed by atoms with van der Waals surface area (Å²) < 4.78 is 0. The number of nitrogens with one attached hydrogen (secondary N) is 1. The predicted molar refractivity (Wildman–Crippen MR) is 66.4 cm³/mol. The molecular weight excluding hydrogens is 198 g/mol. The maximum absolute atomic E-state index is 4.35. The minimum atomic E-state index is 0.819. The average molecular weight is 219 g/mol. The molecule has 0 amide bonds. The third-order valence-electron chi connectivity index (χ3n) is 3.39. The summed E-state index contributed by atoms with van der Waals surface area (Å²) in [6.07, 6.45) is 7.33. The van der Waals surface area contributed by atoms with Gasteiger partial charge in [0, 0.05) is 12.7 Å². The molecule has 1 aliphatic carbocycles. The molecule has 0 spiro atoms. The van der Waals surface area contributed by atoms with Crippen LogP contribution in [0.1, 0.15) is 38.4 Å². The topological polar surface area (TPSA) is 37.8 Å². The van der Waals surface area contributed by atoms with E-state index in [9.17, 15) is 0 Å². The summed E-state index contributed by atoms with van der Waals surface area (Å²) in [4.78, 5) is 8.45. The van der Waals surface area contributed by atoms with E-state index in [1.165, 1.54) is 25.7 Å². The zero-order valence-corrected chi connectivity index (χ0v) is 10.2. The van der Waals surface area contributed by atoms with Crippen molar-refractivity contribution >= 4 is 5.82 Å². The Morgan fingerprint density at radius 1 is 1.44 bits per heavy atom. The monoisotopic (exact) mass is 219 g/mol. The van der Waals surface area contributed by atoms with Crippen molar-refractivity contribution in [1.82, 2.24) is 9.97 Å². The summed E-state index contributed by atoms with van der Waals surface area (Å²) in [6.45, 7) is 5.34. The number of hydrogen-bond donors (Lipinski definition) is 1. The second-order valence-electron chi connectivity index (χ2n) is 5.01. The molecule has 2 atom stereocenters. The van der Waals surface area contributed by atoms with Crippen LogP contribution in [0.5, 0.6) is 0 Å². The minimum absolute atomic E-state index is 0.819. The fourth-order valence-corrected chi connectivity index (χ4v) is 2.55. The first-order chi connectivity index (χ1) is 7.74. The van der Waals surface area contributed by atoms with Crippen molar-refractivity contribution in [3.8, 4) is 0 Å². The summed E-state index contributed by atoms with van der Waals surface area (Å²) >= 11 is 0. The molecule has 1 N–H and O–H groups in total. The van der Waals surface area contributed by atoms with Gasteiger partial charge in [0.1, 0.15) is 11.6 Å². The van der Waals surface area contributed by atoms with E-state index in [0.29, 0.717) is 0 Å². The Hall–Kier alpha value is -1.12. The maximum Gasteiger partial charge on any atom is 0.129 e. The van der Waals surface area contributed by atoms with Crippen LogP contribution in [0.3, 0.4) is 0 Å². The molecule has 88 valence electrons. The molecule has 1 aromatic rings. The molecule has 1 heterocycles. The molecule has 1 fully saturated rings. The summed E-state index contributed by atoms with van der Waals surface area (Å²) in [5.74, 6) is 3.51. The normalized spacial score (nSPS) is 25.4. The van der Waals surface area contributed by atoms with Gasteiger partial charge in [0.2, 0.25) is 0 Å². The first-order valence-corrected chi connectivity index (χ1v) is 6.27. The van der Waals surface area contributed by atoms with Gasteiger partial charge in [-0.3, -0.25) is 0 Å². The molecule has 0 aromatic carbocycles. The standard InChI is InChI=1S/C13H21N3/c1-10-4-3-5-12(8-10)9-15-13-6-7-14-11(2)16-13/h6-7,10,12H,3-5,8-9H2,1-2H3,(H,14,15,16). The van der Waals surface area contributed by atoms with Crippen molar-refractivity contribution in [1.29, 1.82) is 0 Å². The zero-order valence-electron chi connectivity index (χ0n) is 10.2. The van der Waals surface area contributed by atoms with Crippen molar-refractivity contribution in [3.05, 3.63) is 18.1 Å². The lowest BCUT2D eigenvalue weighted by atomic mass is 9.82. The number of nitrogens with zero attached hydrogens (tertiary/aromatic N) is 2. The van der Waals surface area contributed by atoms with E-state index in [0.717, 1.165) is 30.0 Å². The quantitative estimate of drug-likeness (QED) is 0.849. The van der Waals surface area contributed by atoms with Gasteiger partial charge in [0.05, 0.1) is 0 Å². The van der Waals surface area contributed by atoms with Gasteiger partial charge >= 0.3 is 0 Å². The van der Waals surface area contributed by atoms with Crippen LogP contribution in [-0.2, 0) is 0 Å². The smallest absolute Gasteiger partial charge is 0.129 e. The van der Waals surface area contributed by atoms with Crippen LogP contribution in [0.15, 0.2) is 12.3 Å². The number of aromatic nitrogens is 2. The SMILES string of the molecule is Cc1nccc(NCC2CCCC(C)C2)n1. The molecule has 2 unspecified atom stereocenters. The van der Waals surface area contributed by atoms with Crippen molar-refractivity contribution in [2.24, 2.45) is 11.8 Å². The molecule has 0 radical (unpaired) electrons. The van der Waals surface area contributed by atoms with Crippen LogP contribution >= 0.6 is 0 Å². The molecule has 1 aromatic heterocycles. The molecular formula is C13H21N3. The van der Waals surface area contributed by atoms with Crippen LogP contribution < -0.4 is 5.32 Å². The molecule has 1 aliphatic rings. The van der Waals surface area contributed by atoms with Crippen LogP contribution in [0.2, 0.25) is 0 Å². The third-order valence-corrected chi connectivity index (χ3v) is 3.39. The lowest BCUT2D eigenvalue weighted by Crippen LogP contribution is -2.21. The Morgan fingerprint density at radius 3 is 3.06 bits per heavy atom. The van der Waals surface area contributed by atoms with Crippen molar-refractivity contribution < 1.29 is 0 Å². The molecule has 1 saturated carbocycles. The third kappa shape index (κ3) is 3.19. The van der Waals surface area contributed by atoms with E-state index in [2.05, 4.69) is 22.2 Å². The Labute approximate surface area is 97.7 Å². The fraction of sp³-hybridized carbons (Fsp3) is 0.692. The lowest BCUT2D eigenvalue weighted by Gasteiger charge is -2.26. The van der Waals surface area contributed by atoms with Gasteiger partial charge in [-0.05, 0) is 37.7 Å². The fourth-order valence-electron chi connectivity index (χ4n) is 2.55. The number of rotatable bonds is 3. The molecule has 0 saturated heterocycles. The predicted octanol–water partition coefficient (Wildman–Crippen LogP) is 3.02. The molecule has 2 rings (SSSR count). The Morgan fingerprint density at radius 2 is 2.31 bits per heavy atom. The number of anilines is 1. The van der Waals surface area contributed by atoms with Crippen molar-refractivity contribution in [3.63, 3.8) is 0 Å². The summed E-state index contributed by atoms with van der Waals surface area (Å²) in [7, 11) is 0. The number of hydrogen-bond acceptors (Lipinski definition) is 3. The van der Waals surface area contributed by atoms with Crippen LogP contribution in [0.4, 0.5) is 5.82 Å². The largest absolute Gasteiger partial charge is 0.370 e. The van der Waals surface area contributed by atoms with Crippen LogP contribution in [0.25, 0.3) is 0 Å². The first kappa shape index (κ1) is 11.4. The summed E-state index contributed by atoms with van der Waals surface area (Å²) in [6, 6.07) is 1.94. The van der Waals surface area contributed by atoms with Crippen molar-refractivity contribution in [2.75, 3.05) is 11.9 Å². The highest BCUT2D eigenvalue weighted by Crippen LogP contribution is 2.28. The van der Waals surface area contributed by atoms with Crippen molar-refractivity contribution in [2.45, 2.75) is 39.5 Å². The molecule has 3 nitrogen and oxygen atoms in total. The van der Waals surface area contributed by atoms with Crippen LogP contribution in [0, 0.1) is 18.8 Å². The Balaban J connectivity index is 1.82. The van der Waals surface area contributed by atoms with Crippen LogP contribution in [-0.4, -0.2) is 16.5 Å². The highest BCUT2D eigenvalue weighted by atomic mass is 15.0. The maximum atomic E-state index is 4.35. The van der Waals surface area contributed by atoms with Gasteiger partial charge in [-0.15, -0.1) is 0 Å². The number of aryl methyl sites for hydroxylation is 1. The van der Waals surface area contributed by atoms with E-state index < -0.39 is 0 Å². The molecule has 0 aliphatic heterocycles. The van der Waals surface area contributed by atoms with E-state index in [-0.39, 0.29) is 0 Å². The first-order valence-electron chi connectivity index (χ1n) is 6.27. The summed E-state index contributed by atoms with van der Waals surface area (Å²) in [5.41, 5.74) is 0. The van der Waals surface area contributed by atoms with Gasteiger partial charge in [0.25, 0.3) is 0 Å². The molecule has 0 bridgehead atoms. The minimum Gasteiger partial charge on any atom is -0.370 e. The van der Waals surface area contributed by atoms with Gasteiger partial charge in [-0.25, -0.2) is 9.97 Å². The summed E-state index contributed by atoms with van der Waals surface area (Å²) in [5, 5.41) is 3.42. The second-order valence-corrected chi connectivity index (χ2v) is 5.01. The van der Waals surface area contributed by atoms with Gasteiger partial charge < -0.3 is 5.32 Å². The average Bonchev–Trinajstić information content (AvgIpc) is 2.27. The van der Waals surface area contributed by atoms with E-state index >= 15 is 0 Å². The van der Waals surface area contributed by atoms with E-state index in [1.807, 2.05) is 19.2 Å². The Bertz CT molecular complexity index is 338. The van der Waals surface area contributed by atoms with Gasteiger partial charge in [-0.1, -0.05) is 19.8 Å². The van der Waals surface area contributed by atoms with E-state index in [4.69, 9.17) is 0 Å². The zero-order chi connectivity index (χ0) is 11.4. The Kier molecular flexibility index (Phi) is 3.75. The second kappa shape index (κ2) is 5.28. The van der Waals surface area contributed by atoms with Gasteiger partial charge in [0.15, 0.2) is 0 Å². The highest BCUT2D eigenvalue weighted by Gasteiger charge is 2.18. The molecule has 3 heteroatoms. The van der Waals surface area contributed by atoms with E-state index in [1.54, 1.807) is 0 Å². The lowest BCUT2D eigenvalue weighted by molar-refractivity contribution is 0.293. The molecule has 16 heavy (non-hydrogen) atoms.